The Labute approximate surface area is 301 Å². The smallest absolute Gasteiger partial charge is 0.0640 e. The van der Waals surface area contributed by atoms with Crippen molar-refractivity contribution in [1.82, 2.24) is 9.13 Å². The van der Waals surface area contributed by atoms with E-state index in [0.717, 1.165) is 0 Å². The van der Waals surface area contributed by atoms with Gasteiger partial charge >= 0.3 is 0 Å². The predicted molar refractivity (Wildman–Crippen MR) is 221 cm³/mol. The third kappa shape index (κ3) is 3.93. The Morgan fingerprint density at radius 3 is 1.88 bits per heavy atom. The van der Waals surface area contributed by atoms with Crippen LogP contribution in [0.15, 0.2) is 133 Å². The van der Waals surface area contributed by atoms with Crippen LogP contribution in [0.2, 0.25) is 0 Å². The lowest BCUT2D eigenvalue weighted by atomic mass is 9.63. The van der Waals surface area contributed by atoms with Gasteiger partial charge in [-0.05, 0) is 100 Å². The summed E-state index contributed by atoms with van der Waals surface area (Å²) in [4.78, 5) is 0. The summed E-state index contributed by atoms with van der Waals surface area (Å²) >= 11 is 1.92. The highest BCUT2D eigenvalue weighted by Gasteiger charge is 2.38. The number of nitrogens with zero attached hydrogens (tertiary/aromatic N) is 2. The molecule has 0 saturated heterocycles. The Balaban J connectivity index is 1.40. The van der Waals surface area contributed by atoms with E-state index in [9.17, 15) is 0 Å². The van der Waals surface area contributed by atoms with Crippen LogP contribution in [0.3, 0.4) is 0 Å². The van der Waals surface area contributed by atoms with E-state index in [4.69, 9.17) is 0 Å². The molecule has 0 radical (unpaired) electrons. The summed E-state index contributed by atoms with van der Waals surface area (Å²) in [7, 11) is 0. The number of benzene rings is 7. The Bertz CT molecular complexity index is 3080. The first-order valence-corrected chi connectivity index (χ1v) is 19.1. The van der Waals surface area contributed by atoms with E-state index in [0.29, 0.717) is 0 Å². The Morgan fingerprint density at radius 2 is 1.08 bits per heavy atom. The van der Waals surface area contributed by atoms with E-state index in [1.807, 2.05) is 11.3 Å². The highest BCUT2D eigenvalue weighted by atomic mass is 32.1. The molecule has 11 rings (SSSR count). The summed E-state index contributed by atoms with van der Waals surface area (Å²) in [6.07, 6.45) is 2.37. The summed E-state index contributed by atoms with van der Waals surface area (Å²) in [6, 6.07) is 50.2. The summed E-state index contributed by atoms with van der Waals surface area (Å²) in [5.41, 5.74) is 10.7. The summed E-state index contributed by atoms with van der Waals surface area (Å²) < 4.78 is 7.77. The van der Waals surface area contributed by atoms with Crippen molar-refractivity contribution in [2.45, 2.75) is 51.4 Å². The lowest BCUT2D eigenvalue weighted by molar-refractivity contribution is 0.332. The molecule has 3 aromatic heterocycles. The van der Waals surface area contributed by atoms with E-state index in [-0.39, 0.29) is 10.8 Å². The molecular formula is C48H38N2S. The van der Waals surface area contributed by atoms with Crippen LogP contribution in [0, 0.1) is 0 Å². The number of aromatic nitrogens is 2. The maximum absolute atomic E-state index is 2.61. The molecule has 0 spiro atoms. The van der Waals surface area contributed by atoms with Crippen LogP contribution in [0.25, 0.3) is 85.9 Å². The minimum absolute atomic E-state index is 0.0948. The van der Waals surface area contributed by atoms with Crippen LogP contribution in [0.1, 0.15) is 51.7 Å². The van der Waals surface area contributed by atoms with Crippen molar-refractivity contribution in [1.29, 1.82) is 0 Å². The molecule has 0 atom stereocenters. The zero-order valence-corrected chi connectivity index (χ0v) is 30.2. The average molecular weight is 675 g/mol. The fourth-order valence-electron chi connectivity index (χ4n) is 9.46. The second-order valence-electron chi connectivity index (χ2n) is 16.0. The molecular weight excluding hydrogens is 637 g/mol. The molecule has 3 heteroatoms. The van der Waals surface area contributed by atoms with Gasteiger partial charge in [0.25, 0.3) is 0 Å². The van der Waals surface area contributed by atoms with Gasteiger partial charge in [-0.15, -0.1) is 11.3 Å². The third-order valence-corrected chi connectivity index (χ3v) is 13.4. The van der Waals surface area contributed by atoms with E-state index in [2.05, 4.69) is 170 Å². The van der Waals surface area contributed by atoms with Crippen molar-refractivity contribution < 1.29 is 0 Å². The molecule has 10 aromatic rings. The number of fused-ring (bicyclic) bond motifs is 13. The minimum atomic E-state index is 0.0948. The van der Waals surface area contributed by atoms with Crippen LogP contribution in [-0.2, 0) is 10.8 Å². The monoisotopic (exact) mass is 674 g/mol. The quantitative estimate of drug-likeness (QED) is 0.173. The Morgan fingerprint density at radius 1 is 0.471 bits per heavy atom. The third-order valence-electron chi connectivity index (χ3n) is 12.2. The first kappa shape index (κ1) is 29.4. The highest BCUT2D eigenvalue weighted by molar-refractivity contribution is 7.26. The van der Waals surface area contributed by atoms with E-state index in [1.165, 1.54) is 110 Å². The number of para-hydroxylation sites is 1. The van der Waals surface area contributed by atoms with Gasteiger partial charge < -0.3 is 9.13 Å². The Kier molecular flexibility index (Phi) is 5.82. The maximum Gasteiger partial charge on any atom is 0.0640 e. The van der Waals surface area contributed by atoms with Gasteiger partial charge in [0.1, 0.15) is 0 Å². The van der Waals surface area contributed by atoms with E-state index >= 15 is 0 Å². The fourth-order valence-corrected chi connectivity index (χ4v) is 10.7. The van der Waals surface area contributed by atoms with Gasteiger partial charge in [-0.3, -0.25) is 0 Å². The van der Waals surface area contributed by atoms with Gasteiger partial charge in [0.2, 0.25) is 0 Å². The molecule has 246 valence electrons. The molecule has 51 heavy (non-hydrogen) atoms. The largest absolute Gasteiger partial charge is 0.309 e. The van der Waals surface area contributed by atoms with Crippen molar-refractivity contribution in [3.63, 3.8) is 0 Å². The lowest BCUT2D eigenvalue weighted by Crippen LogP contribution is -2.33. The maximum atomic E-state index is 2.61. The van der Waals surface area contributed by atoms with Crippen LogP contribution in [0.4, 0.5) is 0 Å². The molecule has 0 bridgehead atoms. The molecule has 0 aliphatic heterocycles. The van der Waals surface area contributed by atoms with E-state index in [1.54, 1.807) is 0 Å². The molecule has 1 aliphatic rings. The van der Waals surface area contributed by atoms with Crippen LogP contribution >= 0.6 is 11.3 Å². The van der Waals surface area contributed by atoms with Gasteiger partial charge in [-0.2, -0.15) is 0 Å². The van der Waals surface area contributed by atoms with Gasteiger partial charge in [0, 0.05) is 42.7 Å². The van der Waals surface area contributed by atoms with Crippen LogP contribution < -0.4 is 0 Å². The van der Waals surface area contributed by atoms with E-state index < -0.39 is 0 Å². The van der Waals surface area contributed by atoms with Gasteiger partial charge in [-0.1, -0.05) is 107 Å². The average Bonchev–Trinajstić information content (AvgIpc) is 3.81. The molecule has 0 fully saturated rings. The molecule has 0 saturated carbocycles. The predicted octanol–water partition coefficient (Wildman–Crippen LogP) is 13.8. The van der Waals surface area contributed by atoms with Gasteiger partial charge in [0.05, 0.1) is 32.5 Å². The minimum Gasteiger partial charge on any atom is -0.309 e. The van der Waals surface area contributed by atoms with Gasteiger partial charge in [0.15, 0.2) is 0 Å². The van der Waals surface area contributed by atoms with Crippen molar-refractivity contribution in [3.05, 3.63) is 145 Å². The molecule has 0 amide bonds. The lowest BCUT2D eigenvalue weighted by Gasteiger charge is -2.42. The fraction of sp³-hybridized carbons (Fsp3) is 0.167. The topological polar surface area (TPSA) is 9.86 Å². The molecule has 0 unspecified atom stereocenters. The van der Waals surface area contributed by atoms with Crippen molar-refractivity contribution in [3.8, 4) is 11.4 Å². The normalized spacial score (nSPS) is 15.6. The second kappa shape index (κ2) is 10.1. The zero-order chi connectivity index (χ0) is 34.2. The van der Waals surface area contributed by atoms with Crippen molar-refractivity contribution in [2.24, 2.45) is 0 Å². The van der Waals surface area contributed by atoms with Crippen LogP contribution in [-0.4, -0.2) is 9.13 Å². The molecule has 2 nitrogen and oxygen atoms in total. The number of hydrogen-bond acceptors (Lipinski definition) is 1. The summed E-state index contributed by atoms with van der Waals surface area (Å²) in [5.74, 6) is 0. The standard InChI is InChI=1S/C48H38N2S/c1-47(2)25-26-48(3,4)36-28-41-34(27-35(36)47)44-38(50(41)40-19-12-18-33-32-17-10-11-20-42(32)51-46(33)40)23-24-39-45(44)43-31-16-9-8-13-29(31)21-22-37(43)49(39)30-14-6-5-7-15-30/h5-24,27-28H,25-26H2,1-4H3. The molecule has 3 heterocycles. The zero-order valence-electron chi connectivity index (χ0n) is 29.4. The number of thiophene rings is 1. The second-order valence-corrected chi connectivity index (χ2v) is 17.0. The van der Waals surface area contributed by atoms with Crippen molar-refractivity contribution >= 4 is 85.9 Å². The number of rotatable bonds is 2. The van der Waals surface area contributed by atoms with Crippen molar-refractivity contribution in [2.75, 3.05) is 0 Å². The van der Waals surface area contributed by atoms with Gasteiger partial charge in [-0.25, -0.2) is 0 Å². The van der Waals surface area contributed by atoms with Crippen LogP contribution in [0.5, 0.6) is 0 Å². The number of hydrogen-bond donors (Lipinski definition) is 0. The summed E-state index contributed by atoms with van der Waals surface area (Å²) in [5, 5.41) is 10.6. The summed E-state index contributed by atoms with van der Waals surface area (Å²) in [6.45, 7) is 9.80. The first-order valence-electron chi connectivity index (χ1n) is 18.2. The molecule has 0 N–H and O–H groups in total. The molecule has 7 aromatic carbocycles. The first-order chi connectivity index (χ1) is 24.8. The SMILES string of the molecule is CC1(C)CCC(C)(C)c2cc3c(cc21)c1c2c4c5ccccc5ccc4n(-c4ccccc4)c2ccc1n3-c1cccc2c1sc1ccccc12. The molecule has 1 aliphatic carbocycles. The highest BCUT2D eigenvalue weighted by Crippen LogP contribution is 2.51. The Hall–Kier alpha value is -5.38.